The van der Waals surface area contributed by atoms with Crippen LogP contribution >= 0.6 is 0 Å². The first-order chi connectivity index (χ1) is 12.9. The Bertz CT molecular complexity index is 1020. The van der Waals surface area contributed by atoms with Gasteiger partial charge in [0, 0.05) is 17.8 Å². The molecule has 1 N–H and O–H groups in total. The summed E-state index contributed by atoms with van der Waals surface area (Å²) in [5.74, 6) is 0.239. The average molecular weight is 363 g/mol. The van der Waals surface area contributed by atoms with Crippen LogP contribution in [0.5, 0.6) is 0 Å². The third-order valence-electron chi connectivity index (χ3n) is 3.79. The molecule has 0 saturated carbocycles. The van der Waals surface area contributed by atoms with Crippen LogP contribution in [0.3, 0.4) is 0 Å². The Morgan fingerprint density at radius 2 is 2.00 bits per heavy atom. The van der Waals surface area contributed by atoms with Crippen LogP contribution in [0.1, 0.15) is 17.0 Å². The lowest BCUT2D eigenvalue weighted by Crippen LogP contribution is -2.09. The number of carbonyl (C=O) groups excluding carboxylic acids is 1. The van der Waals surface area contributed by atoms with Crippen molar-refractivity contribution >= 4 is 23.4 Å². The maximum atomic E-state index is 12.1. The molecule has 8 nitrogen and oxygen atoms in total. The van der Waals surface area contributed by atoms with E-state index in [0.717, 1.165) is 11.4 Å². The van der Waals surface area contributed by atoms with Gasteiger partial charge in [-0.15, -0.1) is 0 Å². The van der Waals surface area contributed by atoms with E-state index in [1.54, 1.807) is 35.0 Å². The van der Waals surface area contributed by atoms with Gasteiger partial charge in [0.15, 0.2) is 5.82 Å². The second-order valence-corrected chi connectivity index (χ2v) is 5.88. The number of nitrogens with zero attached hydrogens (tertiary/aromatic N) is 4. The first kappa shape index (κ1) is 18.0. The molecule has 0 radical (unpaired) electrons. The number of nitrogens with one attached hydrogen (secondary N) is 1. The number of amides is 1. The smallest absolute Gasteiger partial charge is 0.276 e. The number of aryl methyl sites for hydroxylation is 2. The zero-order chi connectivity index (χ0) is 19.4. The molecule has 3 aromatic rings. The molecular weight excluding hydrogens is 346 g/mol. The molecule has 1 amide bonds. The molecule has 0 unspecified atom stereocenters. The predicted octanol–water partition coefficient (Wildman–Crippen LogP) is 3.44. The number of hydrogen-bond acceptors (Lipinski definition) is 5. The van der Waals surface area contributed by atoms with Crippen LogP contribution in [0.4, 0.5) is 11.4 Å². The van der Waals surface area contributed by atoms with Crippen molar-refractivity contribution in [3.8, 4) is 5.82 Å². The summed E-state index contributed by atoms with van der Waals surface area (Å²) >= 11 is 0. The molecule has 0 bridgehead atoms. The number of para-hydroxylation sites is 1. The molecule has 1 aromatic carbocycles. The lowest BCUT2D eigenvalue weighted by atomic mass is 10.1. The van der Waals surface area contributed by atoms with Gasteiger partial charge in [0.1, 0.15) is 0 Å². The number of rotatable bonds is 5. The number of nitro benzene ring substituents is 1. The Morgan fingerprint density at radius 3 is 2.63 bits per heavy atom. The maximum absolute atomic E-state index is 12.1. The quantitative estimate of drug-likeness (QED) is 0.425. The van der Waals surface area contributed by atoms with Crippen LogP contribution in [-0.4, -0.2) is 25.6 Å². The van der Waals surface area contributed by atoms with Gasteiger partial charge in [-0.25, -0.2) is 9.67 Å². The van der Waals surface area contributed by atoms with E-state index in [0.29, 0.717) is 17.1 Å². The highest BCUT2D eigenvalue weighted by Gasteiger charge is 2.10. The Balaban J connectivity index is 1.70. The largest absolute Gasteiger partial charge is 0.321 e. The van der Waals surface area contributed by atoms with E-state index in [4.69, 9.17) is 0 Å². The van der Waals surface area contributed by atoms with Gasteiger partial charge < -0.3 is 5.32 Å². The van der Waals surface area contributed by atoms with Crippen molar-refractivity contribution in [3.05, 3.63) is 81.8 Å². The maximum Gasteiger partial charge on any atom is 0.276 e. The molecule has 27 heavy (non-hydrogen) atoms. The SMILES string of the molecule is Cc1cc(C)n(-c2ccc(NC(=O)/C=C/c3ccccc3[N+](=O)[O-])cn2)n1. The summed E-state index contributed by atoms with van der Waals surface area (Å²) in [5, 5.41) is 18.0. The summed E-state index contributed by atoms with van der Waals surface area (Å²) in [6.07, 6.45) is 4.19. The lowest BCUT2D eigenvalue weighted by Gasteiger charge is -2.05. The van der Waals surface area contributed by atoms with E-state index in [1.165, 1.54) is 24.4 Å². The molecule has 0 aliphatic heterocycles. The molecule has 0 aliphatic rings. The number of pyridine rings is 1. The van der Waals surface area contributed by atoms with Gasteiger partial charge in [0.2, 0.25) is 5.91 Å². The van der Waals surface area contributed by atoms with Crippen molar-refractivity contribution in [1.82, 2.24) is 14.8 Å². The molecule has 0 fully saturated rings. The van der Waals surface area contributed by atoms with E-state index in [2.05, 4.69) is 15.4 Å². The zero-order valence-corrected chi connectivity index (χ0v) is 14.8. The van der Waals surface area contributed by atoms with E-state index < -0.39 is 10.8 Å². The molecule has 2 heterocycles. The first-order valence-electron chi connectivity index (χ1n) is 8.16. The second-order valence-electron chi connectivity index (χ2n) is 5.88. The predicted molar refractivity (Wildman–Crippen MR) is 102 cm³/mol. The van der Waals surface area contributed by atoms with E-state index in [1.807, 2.05) is 19.9 Å². The van der Waals surface area contributed by atoms with Crippen LogP contribution in [0.2, 0.25) is 0 Å². The molecule has 0 atom stereocenters. The fourth-order valence-electron chi connectivity index (χ4n) is 2.59. The Kier molecular flexibility index (Phi) is 5.07. The molecular formula is C19H17N5O3. The van der Waals surface area contributed by atoms with Gasteiger partial charge in [-0.1, -0.05) is 12.1 Å². The minimum absolute atomic E-state index is 0.0579. The van der Waals surface area contributed by atoms with Crippen LogP contribution in [0.25, 0.3) is 11.9 Å². The molecule has 3 rings (SSSR count). The van der Waals surface area contributed by atoms with Gasteiger partial charge in [0.25, 0.3) is 5.69 Å². The monoisotopic (exact) mass is 363 g/mol. The van der Waals surface area contributed by atoms with Gasteiger partial charge in [-0.2, -0.15) is 5.10 Å². The van der Waals surface area contributed by atoms with Crippen LogP contribution in [-0.2, 0) is 4.79 Å². The Morgan fingerprint density at radius 1 is 1.22 bits per heavy atom. The normalized spacial score (nSPS) is 10.9. The van der Waals surface area contributed by atoms with Crippen LogP contribution < -0.4 is 5.32 Å². The fraction of sp³-hybridized carbons (Fsp3) is 0.105. The van der Waals surface area contributed by atoms with E-state index in [9.17, 15) is 14.9 Å². The lowest BCUT2D eigenvalue weighted by molar-refractivity contribution is -0.385. The summed E-state index contributed by atoms with van der Waals surface area (Å²) in [6, 6.07) is 11.6. The second kappa shape index (κ2) is 7.61. The van der Waals surface area contributed by atoms with Crippen molar-refractivity contribution in [1.29, 1.82) is 0 Å². The number of carbonyl (C=O) groups is 1. The van der Waals surface area contributed by atoms with Crippen molar-refractivity contribution in [2.24, 2.45) is 0 Å². The topological polar surface area (TPSA) is 103 Å². The molecule has 0 aliphatic carbocycles. The third kappa shape index (κ3) is 4.24. The minimum Gasteiger partial charge on any atom is -0.321 e. The van der Waals surface area contributed by atoms with Gasteiger partial charge in [0.05, 0.1) is 28.1 Å². The third-order valence-corrected chi connectivity index (χ3v) is 3.79. The summed E-state index contributed by atoms with van der Waals surface area (Å²) in [6.45, 7) is 3.84. The number of hydrogen-bond donors (Lipinski definition) is 1. The summed E-state index contributed by atoms with van der Waals surface area (Å²) < 4.78 is 1.72. The van der Waals surface area contributed by atoms with Crippen molar-refractivity contribution in [2.45, 2.75) is 13.8 Å². The van der Waals surface area contributed by atoms with Crippen molar-refractivity contribution in [3.63, 3.8) is 0 Å². The molecule has 0 spiro atoms. The van der Waals surface area contributed by atoms with Crippen LogP contribution in [0.15, 0.2) is 54.7 Å². The van der Waals surface area contributed by atoms with Gasteiger partial charge in [-0.3, -0.25) is 14.9 Å². The number of aromatic nitrogens is 3. The fourth-order valence-corrected chi connectivity index (χ4v) is 2.59. The molecule has 8 heteroatoms. The van der Waals surface area contributed by atoms with Crippen molar-refractivity contribution in [2.75, 3.05) is 5.32 Å². The van der Waals surface area contributed by atoms with Gasteiger partial charge in [-0.05, 0) is 44.2 Å². The zero-order valence-electron chi connectivity index (χ0n) is 14.8. The van der Waals surface area contributed by atoms with Gasteiger partial charge >= 0.3 is 0 Å². The summed E-state index contributed by atoms with van der Waals surface area (Å²) in [5.41, 5.74) is 2.67. The molecule has 2 aromatic heterocycles. The molecule has 0 saturated heterocycles. The Labute approximate surface area is 155 Å². The molecule has 136 valence electrons. The number of anilines is 1. The Hall–Kier alpha value is -3.81. The minimum atomic E-state index is -0.487. The summed E-state index contributed by atoms with van der Waals surface area (Å²) in [7, 11) is 0. The number of benzene rings is 1. The summed E-state index contributed by atoms with van der Waals surface area (Å²) in [4.78, 5) is 26.9. The van der Waals surface area contributed by atoms with E-state index in [-0.39, 0.29) is 5.69 Å². The van der Waals surface area contributed by atoms with Crippen molar-refractivity contribution < 1.29 is 9.72 Å². The average Bonchev–Trinajstić information content (AvgIpc) is 2.99. The number of nitro groups is 1. The van der Waals surface area contributed by atoms with E-state index >= 15 is 0 Å². The van der Waals surface area contributed by atoms with Crippen LogP contribution in [0, 0.1) is 24.0 Å². The highest BCUT2D eigenvalue weighted by atomic mass is 16.6. The highest BCUT2D eigenvalue weighted by molar-refractivity contribution is 6.02. The highest BCUT2D eigenvalue weighted by Crippen LogP contribution is 2.19. The first-order valence-corrected chi connectivity index (χ1v) is 8.16. The standard InChI is InChI=1S/C19H17N5O3/c1-13-11-14(2)23(22-13)18-9-8-16(12-20-18)21-19(25)10-7-15-5-3-4-6-17(15)24(26)27/h3-12H,1-2H3,(H,21,25)/b10-7+.